The van der Waals surface area contributed by atoms with Crippen molar-refractivity contribution in [2.24, 2.45) is 5.41 Å². The van der Waals surface area contributed by atoms with Gasteiger partial charge in [0.2, 0.25) is 0 Å². The van der Waals surface area contributed by atoms with Crippen LogP contribution in [0.2, 0.25) is 0 Å². The fourth-order valence-corrected chi connectivity index (χ4v) is 5.72. The van der Waals surface area contributed by atoms with Crippen molar-refractivity contribution >= 4 is 11.4 Å². The molecule has 0 radical (unpaired) electrons. The molecule has 3 aromatic carbocycles. The highest BCUT2D eigenvalue weighted by Gasteiger charge is 2.32. The van der Waals surface area contributed by atoms with E-state index >= 15 is 0 Å². The molecule has 0 bridgehead atoms. The van der Waals surface area contributed by atoms with Gasteiger partial charge in [0.1, 0.15) is 11.4 Å². The molecule has 3 N–H and O–H groups in total. The van der Waals surface area contributed by atoms with Gasteiger partial charge in [-0.25, -0.2) is 0 Å². The van der Waals surface area contributed by atoms with Crippen LogP contribution in [0.15, 0.2) is 54.6 Å². The Morgan fingerprint density at radius 3 is 2.47 bits per heavy atom. The third-order valence-corrected chi connectivity index (χ3v) is 7.46. The van der Waals surface area contributed by atoms with E-state index in [0.29, 0.717) is 0 Å². The van der Waals surface area contributed by atoms with Crippen molar-refractivity contribution < 1.29 is 4.74 Å². The Hall–Kier alpha value is -2.98. The molecule has 0 aromatic heterocycles. The Bertz CT molecular complexity index is 1240. The van der Waals surface area contributed by atoms with Gasteiger partial charge >= 0.3 is 0 Å². The van der Waals surface area contributed by atoms with Crippen LogP contribution in [0.4, 0.5) is 11.4 Å². The van der Waals surface area contributed by atoms with Gasteiger partial charge in [0.25, 0.3) is 0 Å². The zero-order chi connectivity index (χ0) is 26.3. The number of fused-ring (bicyclic) bond motifs is 1. The molecule has 0 fully saturated rings. The van der Waals surface area contributed by atoms with E-state index in [9.17, 15) is 0 Å². The maximum absolute atomic E-state index is 6.53. The van der Waals surface area contributed by atoms with E-state index in [1.807, 2.05) is 7.05 Å². The number of ether oxygens (including phenoxy) is 1. The number of hydrogen-bond acceptors (Lipinski definition) is 4. The molecule has 1 atom stereocenters. The normalized spacial score (nSPS) is 16.6. The van der Waals surface area contributed by atoms with Crippen molar-refractivity contribution in [3.05, 3.63) is 88.0 Å². The lowest BCUT2D eigenvalue weighted by molar-refractivity contribution is 0.0682. The smallest absolute Gasteiger partial charge is 0.124 e. The molecule has 0 amide bonds. The Kier molecular flexibility index (Phi) is 7.12. The third-order valence-electron chi connectivity index (χ3n) is 7.46. The van der Waals surface area contributed by atoms with E-state index in [0.717, 1.165) is 42.3 Å². The predicted octanol–water partition coefficient (Wildman–Crippen LogP) is 7.28. The molecule has 4 rings (SSSR count). The second-order valence-electron chi connectivity index (χ2n) is 12.1. The Balaban J connectivity index is 1.72. The van der Waals surface area contributed by atoms with Crippen LogP contribution < -0.4 is 15.8 Å². The van der Waals surface area contributed by atoms with Crippen LogP contribution in [-0.4, -0.2) is 24.1 Å². The van der Waals surface area contributed by atoms with Crippen LogP contribution in [0.5, 0.6) is 5.75 Å². The summed E-state index contributed by atoms with van der Waals surface area (Å²) in [5.41, 5.74) is 15.9. The molecule has 0 aliphatic carbocycles. The maximum atomic E-state index is 6.53. The number of aryl methyl sites for hydroxylation is 1. The molecule has 36 heavy (non-hydrogen) atoms. The molecular formula is C32H43N3O. The van der Waals surface area contributed by atoms with Crippen molar-refractivity contribution in [1.82, 2.24) is 4.90 Å². The zero-order valence-corrected chi connectivity index (χ0v) is 23.3. The second-order valence-corrected chi connectivity index (χ2v) is 12.1. The molecule has 1 heterocycles. The van der Waals surface area contributed by atoms with Crippen molar-refractivity contribution in [2.45, 2.75) is 73.1 Å². The summed E-state index contributed by atoms with van der Waals surface area (Å²) in [5.74, 6) is 1.23. The van der Waals surface area contributed by atoms with Crippen molar-refractivity contribution in [3.8, 4) is 5.75 Å². The van der Waals surface area contributed by atoms with Crippen LogP contribution >= 0.6 is 0 Å². The number of hydrogen-bond donors (Lipinski definition) is 2. The molecule has 1 aliphatic rings. The topological polar surface area (TPSA) is 50.5 Å². The third kappa shape index (κ3) is 5.39. The zero-order valence-electron chi connectivity index (χ0n) is 23.3. The number of nitrogen functional groups attached to an aromatic ring is 1. The van der Waals surface area contributed by atoms with Gasteiger partial charge in [-0.05, 0) is 73.1 Å². The molecule has 192 valence electrons. The highest BCUT2D eigenvalue weighted by Crippen LogP contribution is 2.44. The predicted molar refractivity (Wildman–Crippen MR) is 153 cm³/mol. The van der Waals surface area contributed by atoms with Gasteiger partial charge in [-0.15, -0.1) is 0 Å². The van der Waals surface area contributed by atoms with Gasteiger partial charge in [0.15, 0.2) is 0 Å². The molecule has 1 aliphatic heterocycles. The SMILES string of the molecule is CNc1ccc(C(c2ccc(C)c(CN3Cc4ccccc4OC(C)(C)C3)c2)C(C)(C)C)c(C)c1N. The van der Waals surface area contributed by atoms with Crippen molar-refractivity contribution in [1.29, 1.82) is 0 Å². The Morgan fingerprint density at radius 2 is 1.78 bits per heavy atom. The van der Waals surface area contributed by atoms with Gasteiger partial charge in [-0.2, -0.15) is 0 Å². The van der Waals surface area contributed by atoms with Crippen LogP contribution in [0.25, 0.3) is 0 Å². The Labute approximate surface area is 217 Å². The monoisotopic (exact) mass is 485 g/mol. The van der Waals surface area contributed by atoms with Gasteiger partial charge < -0.3 is 15.8 Å². The first kappa shape index (κ1) is 26.1. The lowest BCUT2D eigenvalue weighted by Gasteiger charge is -2.34. The van der Waals surface area contributed by atoms with Crippen LogP contribution in [0, 0.1) is 19.3 Å². The van der Waals surface area contributed by atoms with Gasteiger partial charge in [-0.3, -0.25) is 4.90 Å². The quantitative estimate of drug-likeness (QED) is 0.373. The van der Waals surface area contributed by atoms with Crippen molar-refractivity contribution in [3.63, 3.8) is 0 Å². The average Bonchev–Trinajstić information content (AvgIpc) is 2.92. The van der Waals surface area contributed by atoms with Gasteiger partial charge in [0.05, 0.1) is 11.4 Å². The number of rotatable bonds is 5. The van der Waals surface area contributed by atoms with E-state index < -0.39 is 0 Å². The fraction of sp³-hybridized carbons (Fsp3) is 0.438. The Morgan fingerprint density at radius 1 is 1.06 bits per heavy atom. The summed E-state index contributed by atoms with van der Waals surface area (Å²) >= 11 is 0. The largest absolute Gasteiger partial charge is 0.486 e. The van der Waals surface area contributed by atoms with Crippen molar-refractivity contribution in [2.75, 3.05) is 24.6 Å². The summed E-state index contributed by atoms with van der Waals surface area (Å²) in [7, 11) is 1.92. The summed E-state index contributed by atoms with van der Waals surface area (Å²) in [4.78, 5) is 2.52. The molecular weight excluding hydrogens is 442 g/mol. The van der Waals surface area contributed by atoms with E-state index in [4.69, 9.17) is 10.5 Å². The van der Waals surface area contributed by atoms with Gasteiger partial charge in [0, 0.05) is 38.2 Å². The minimum absolute atomic E-state index is 0.0300. The van der Waals surface area contributed by atoms with E-state index in [1.54, 1.807) is 0 Å². The fourth-order valence-electron chi connectivity index (χ4n) is 5.72. The highest BCUT2D eigenvalue weighted by atomic mass is 16.5. The standard InChI is InChI=1S/C32H43N3O/c1-21-13-14-23(29(31(3,4)5)26-15-16-27(34-8)30(33)22(26)2)17-25(21)19-35-18-24-11-9-10-12-28(24)36-32(6,7)20-35/h9-17,29,34H,18-20,33H2,1-8H3. The summed E-state index contributed by atoms with van der Waals surface area (Å²) in [6, 6.07) is 19.8. The summed E-state index contributed by atoms with van der Waals surface area (Å²) in [5, 5.41) is 3.22. The molecule has 0 saturated carbocycles. The number of nitrogens with one attached hydrogen (secondary N) is 1. The molecule has 1 unspecified atom stereocenters. The van der Waals surface area contributed by atoms with Crippen LogP contribution in [0.3, 0.4) is 0 Å². The summed E-state index contributed by atoms with van der Waals surface area (Å²) < 4.78 is 6.39. The number of anilines is 2. The highest BCUT2D eigenvalue weighted by molar-refractivity contribution is 5.72. The first-order valence-corrected chi connectivity index (χ1v) is 13.0. The number of nitrogens with zero attached hydrogens (tertiary/aromatic N) is 1. The summed E-state index contributed by atoms with van der Waals surface area (Å²) in [6.45, 7) is 18.4. The molecule has 4 heteroatoms. The number of benzene rings is 3. The second kappa shape index (κ2) is 9.82. The average molecular weight is 486 g/mol. The van der Waals surface area contributed by atoms with Crippen LogP contribution in [0.1, 0.15) is 73.9 Å². The molecule has 0 saturated heterocycles. The van der Waals surface area contributed by atoms with Gasteiger partial charge in [-0.1, -0.05) is 63.2 Å². The van der Waals surface area contributed by atoms with Crippen LogP contribution in [-0.2, 0) is 13.1 Å². The number of nitrogens with two attached hydrogens (primary N) is 1. The van der Waals surface area contributed by atoms with E-state index in [2.05, 4.69) is 113 Å². The summed E-state index contributed by atoms with van der Waals surface area (Å²) in [6.07, 6.45) is 0. The minimum Gasteiger partial charge on any atom is -0.486 e. The molecule has 4 nitrogen and oxygen atoms in total. The maximum Gasteiger partial charge on any atom is 0.124 e. The lowest BCUT2D eigenvalue weighted by atomic mass is 9.71. The first-order chi connectivity index (χ1) is 16.9. The minimum atomic E-state index is -0.254. The lowest BCUT2D eigenvalue weighted by Crippen LogP contribution is -2.40. The first-order valence-electron chi connectivity index (χ1n) is 13.0. The van der Waals surface area contributed by atoms with E-state index in [-0.39, 0.29) is 16.9 Å². The molecule has 3 aromatic rings. The number of para-hydroxylation sites is 1. The van der Waals surface area contributed by atoms with E-state index in [1.165, 1.54) is 27.8 Å². The molecule has 0 spiro atoms.